The third-order valence-electron chi connectivity index (χ3n) is 4.66. The Balaban J connectivity index is 1.38. The molecule has 0 bridgehead atoms. The van der Waals surface area contributed by atoms with E-state index in [4.69, 9.17) is 0 Å². The van der Waals surface area contributed by atoms with E-state index in [1.807, 2.05) is 66.4 Å². The molecular weight excluding hydrogens is 366 g/mol. The Labute approximate surface area is 169 Å². The molecule has 0 spiro atoms. The van der Waals surface area contributed by atoms with E-state index in [9.17, 15) is 4.79 Å². The zero-order valence-corrected chi connectivity index (χ0v) is 16.2. The van der Waals surface area contributed by atoms with Crippen molar-refractivity contribution in [1.82, 2.24) is 19.9 Å². The van der Waals surface area contributed by atoms with Crippen LogP contribution in [0.15, 0.2) is 60.8 Å². The zero-order chi connectivity index (χ0) is 20.1. The van der Waals surface area contributed by atoms with Gasteiger partial charge in [0.2, 0.25) is 0 Å². The molecule has 1 fully saturated rings. The lowest BCUT2D eigenvalue weighted by Crippen LogP contribution is -2.50. The van der Waals surface area contributed by atoms with Crippen LogP contribution in [0.5, 0.6) is 0 Å². The smallest absolute Gasteiger partial charge is 0.321 e. The number of piperazine rings is 1. The molecule has 0 radical (unpaired) electrons. The first-order chi connectivity index (χ1) is 14.2. The largest absolute Gasteiger partial charge is 0.353 e. The number of hydrogen-bond donors (Lipinski definition) is 2. The fourth-order valence-corrected chi connectivity index (χ4v) is 3.21. The number of aromatic nitrogens is 3. The molecule has 1 aliphatic rings. The number of hydrogen-bond acceptors (Lipinski definition) is 6. The normalized spacial score (nSPS) is 13.8. The molecule has 4 rings (SSSR count). The predicted molar refractivity (Wildman–Crippen MR) is 114 cm³/mol. The Hall–Kier alpha value is -3.68. The molecule has 2 aromatic heterocycles. The van der Waals surface area contributed by atoms with Gasteiger partial charge in [0.05, 0.1) is 0 Å². The number of pyridine rings is 1. The van der Waals surface area contributed by atoms with Crippen molar-refractivity contribution in [3.05, 3.63) is 66.6 Å². The topological polar surface area (TPSA) is 86.3 Å². The van der Waals surface area contributed by atoms with Crippen LogP contribution in [0.2, 0.25) is 0 Å². The second kappa shape index (κ2) is 8.55. The highest BCUT2D eigenvalue weighted by Crippen LogP contribution is 2.20. The van der Waals surface area contributed by atoms with Crippen LogP contribution in [0.3, 0.4) is 0 Å². The fraction of sp³-hybridized carbons (Fsp3) is 0.238. The molecule has 148 valence electrons. The minimum absolute atomic E-state index is 0.0766. The lowest BCUT2D eigenvalue weighted by molar-refractivity contribution is 0.208. The Morgan fingerprint density at radius 2 is 1.69 bits per heavy atom. The van der Waals surface area contributed by atoms with Gasteiger partial charge in [0, 0.05) is 44.1 Å². The lowest BCUT2D eigenvalue weighted by atomic mass is 10.3. The number of nitrogens with zero attached hydrogens (tertiary/aromatic N) is 5. The number of nitrogens with one attached hydrogen (secondary N) is 2. The number of carbonyl (C=O) groups is 1. The number of para-hydroxylation sites is 1. The third-order valence-corrected chi connectivity index (χ3v) is 4.66. The number of anilines is 4. The van der Waals surface area contributed by atoms with Crippen molar-refractivity contribution < 1.29 is 4.79 Å². The van der Waals surface area contributed by atoms with Crippen LogP contribution in [0.1, 0.15) is 5.82 Å². The van der Waals surface area contributed by atoms with E-state index in [0.29, 0.717) is 37.8 Å². The summed E-state index contributed by atoms with van der Waals surface area (Å²) in [6, 6.07) is 17.0. The Bertz CT molecular complexity index is 957. The van der Waals surface area contributed by atoms with Crippen molar-refractivity contribution in [2.24, 2.45) is 0 Å². The minimum Gasteiger partial charge on any atom is -0.353 e. The molecule has 0 unspecified atom stereocenters. The Morgan fingerprint density at radius 1 is 0.931 bits per heavy atom. The average molecular weight is 389 g/mol. The van der Waals surface area contributed by atoms with E-state index in [-0.39, 0.29) is 6.03 Å². The van der Waals surface area contributed by atoms with E-state index in [1.165, 1.54) is 0 Å². The van der Waals surface area contributed by atoms with Gasteiger partial charge in [-0.2, -0.15) is 0 Å². The van der Waals surface area contributed by atoms with Crippen LogP contribution in [0.4, 0.5) is 27.9 Å². The van der Waals surface area contributed by atoms with Gasteiger partial charge in [0.1, 0.15) is 23.3 Å². The van der Waals surface area contributed by atoms with E-state index in [1.54, 1.807) is 6.20 Å². The first-order valence-corrected chi connectivity index (χ1v) is 9.57. The molecule has 2 N–H and O–H groups in total. The van der Waals surface area contributed by atoms with Gasteiger partial charge in [-0.25, -0.2) is 19.7 Å². The minimum atomic E-state index is -0.0766. The predicted octanol–water partition coefficient (Wildman–Crippen LogP) is 3.28. The number of carbonyl (C=O) groups excluding carboxylic acids is 1. The average Bonchev–Trinajstić information content (AvgIpc) is 2.75. The summed E-state index contributed by atoms with van der Waals surface area (Å²) in [4.78, 5) is 29.8. The second-order valence-electron chi connectivity index (χ2n) is 6.77. The van der Waals surface area contributed by atoms with Gasteiger partial charge in [-0.3, -0.25) is 0 Å². The third kappa shape index (κ3) is 4.78. The van der Waals surface area contributed by atoms with Crippen LogP contribution in [0, 0.1) is 6.92 Å². The molecule has 2 amide bonds. The van der Waals surface area contributed by atoms with Crippen LogP contribution >= 0.6 is 0 Å². The summed E-state index contributed by atoms with van der Waals surface area (Å²) in [6.07, 6.45) is 1.73. The summed E-state index contributed by atoms with van der Waals surface area (Å²) in [6.45, 7) is 4.55. The first kappa shape index (κ1) is 18.7. The summed E-state index contributed by atoms with van der Waals surface area (Å²) in [7, 11) is 0. The second-order valence-corrected chi connectivity index (χ2v) is 6.77. The molecule has 1 aromatic carbocycles. The molecule has 0 saturated carbocycles. The van der Waals surface area contributed by atoms with Crippen LogP contribution < -0.4 is 15.5 Å². The molecule has 29 heavy (non-hydrogen) atoms. The molecule has 3 heterocycles. The zero-order valence-electron chi connectivity index (χ0n) is 16.2. The van der Waals surface area contributed by atoms with Crippen molar-refractivity contribution in [3.63, 3.8) is 0 Å². The summed E-state index contributed by atoms with van der Waals surface area (Å²) in [5.74, 6) is 2.97. The highest BCUT2D eigenvalue weighted by Gasteiger charge is 2.22. The van der Waals surface area contributed by atoms with E-state index < -0.39 is 0 Å². The summed E-state index contributed by atoms with van der Waals surface area (Å²) in [5, 5.41) is 6.15. The summed E-state index contributed by atoms with van der Waals surface area (Å²) < 4.78 is 0. The van der Waals surface area contributed by atoms with Crippen molar-refractivity contribution in [2.75, 3.05) is 41.7 Å². The monoisotopic (exact) mass is 389 g/mol. The van der Waals surface area contributed by atoms with Crippen molar-refractivity contribution in [1.29, 1.82) is 0 Å². The number of rotatable bonds is 4. The maximum atomic E-state index is 12.5. The molecular formula is C21H23N7O. The SMILES string of the molecule is Cc1nc(Nc2ccccn2)cc(N2CCN(C(=O)Nc3ccccc3)CC2)n1. The van der Waals surface area contributed by atoms with Crippen molar-refractivity contribution in [2.45, 2.75) is 6.92 Å². The molecule has 8 heteroatoms. The lowest BCUT2D eigenvalue weighted by Gasteiger charge is -2.35. The van der Waals surface area contributed by atoms with Crippen molar-refractivity contribution in [3.8, 4) is 0 Å². The molecule has 1 aliphatic heterocycles. The maximum Gasteiger partial charge on any atom is 0.321 e. The van der Waals surface area contributed by atoms with Crippen LogP contribution in [0.25, 0.3) is 0 Å². The Morgan fingerprint density at radius 3 is 2.41 bits per heavy atom. The molecule has 1 saturated heterocycles. The fourth-order valence-electron chi connectivity index (χ4n) is 3.21. The summed E-state index contributed by atoms with van der Waals surface area (Å²) in [5.41, 5.74) is 0.802. The van der Waals surface area contributed by atoms with E-state index in [2.05, 4.69) is 30.5 Å². The van der Waals surface area contributed by atoms with Gasteiger partial charge < -0.3 is 20.4 Å². The molecule has 0 atom stereocenters. The van der Waals surface area contributed by atoms with Crippen LogP contribution in [-0.4, -0.2) is 52.1 Å². The van der Waals surface area contributed by atoms with E-state index in [0.717, 1.165) is 17.3 Å². The summed E-state index contributed by atoms with van der Waals surface area (Å²) >= 11 is 0. The molecule has 8 nitrogen and oxygen atoms in total. The maximum absolute atomic E-state index is 12.5. The van der Waals surface area contributed by atoms with Gasteiger partial charge >= 0.3 is 6.03 Å². The van der Waals surface area contributed by atoms with Gasteiger partial charge in [0.25, 0.3) is 0 Å². The number of benzene rings is 1. The van der Waals surface area contributed by atoms with Gasteiger partial charge in [0.15, 0.2) is 0 Å². The van der Waals surface area contributed by atoms with Crippen LogP contribution in [-0.2, 0) is 0 Å². The van der Waals surface area contributed by atoms with E-state index >= 15 is 0 Å². The number of urea groups is 1. The van der Waals surface area contributed by atoms with Gasteiger partial charge in [-0.15, -0.1) is 0 Å². The quantitative estimate of drug-likeness (QED) is 0.712. The first-order valence-electron chi connectivity index (χ1n) is 9.57. The Kier molecular flexibility index (Phi) is 5.51. The highest BCUT2D eigenvalue weighted by molar-refractivity contribution is 5.89. The van der Waals surface area contributed by atoms with Gasteiger partial charge in [-0.1, -0.05) is 24.3 Å². The molecule has 3 aromatic rings. The van der Waals surface area contributed by atoms with Crippen molar-refractivity contribution >= 4 is 29.2 Å². The highest BCUT2D eigenvalue weighted by atomic mass is 16.2. The van der Waals surface area contributed by atoms with Gasteiger partial charge in [-0.05, 0) is 31.2 Å². The molecule has 0 aliphatic carbocycles. The number of aryl methyl sites for hydroxylation is 1. The standard InChI is InChI=1S/C21H23N7O/c1-16-23-19(26-18-9-5-6-10-22-18)15-20(24-16)27-11-13-28(14-12-27)21(29)25-17-7-3-2-4-8-17/h2-10,15H,11-14H2,1H3,(H,25,29)(H,22,23,24,26). The number of amides is 2.